The summed E-state index contributed by atoms with van der Waals surface area (Å²) in [6, 6.07) is 7.53. The van der Waals surface area contributed by atoms with Crippen molar-refractivity contribution in [1.29, 1.82) is 0 Å². The average Bonchev–Trinajstić information content (AvgIpc) is 3.12. The molecule has 0 bridgehead atoms. The van der Waals surface area contributed by atoms with Gasteiger partial charge in [0.2, 0.25) is 0 Å². The molecule has 0 spiro atoms. The Morgan fingerprint density at radius 3 is 2.64 bits per heavy atom. The van der Waals surface area contributed by atoms with Crippen LogP contribution in [-0.2, 0) is 13.1 Å². The van der Waals surface area contributed by atoms with Crippen molar-refractivity contribution in [2.45, 2.75) is 20.0 Å². The van der Waals surface area contributed by atoms with Crippen LogP contribution in [0.2, 0.25) is 0 Å². The van der Waals surface area contributed by atoms with Crippen LogP contribution in [0.5, 0.6) is 5.75 Å². The Hall–Kier alpha value is -3.29. The van der Waals surface area contributed by atoms with Gasteiger partial charge in [0.1, 0.15) is 23.3 Å². The summed E-state index contributed by atoms with van der Waals surface area (Å²) in [5, 5.41) is 0. The molecule has 0 aliphatic carbocycles. The number of aryl methyl sites for hydroxylation is 1. The quantitative estimate of drug-likeness (QED) is 0.562. The maximum atomic E-state index is 12.4. The first-order chi connectivity index (χ1) is 12.2. The molecule has 3 heterocycles. The molecule has 8 nitrogen and oxygen atoms in total. The topological polar surface area (TPSA) is 87.7 Å². The number of fused-ring (bicyclic) bond motifs is 3. The molecule has 0 atom stereocenters. The van der Waals surface area contributed by atoms with E-state index in [2.05, 4.69) is 19.9 Å². The van der Waals surface area contributed by atoms with Gasteiger partial charge < -0.3 is 9.30 Å². The van der Waals surface area contributed by atoms with Crippen LogP contribution < -0.4 is 10.4 Å². The van der Waals surface area contributed by atoms with Gasteiger partial charge in [-0.15, -0.1) is 0 Å². The summed E-state index contributed by atoms with van der Waals surface area (Å²) in [4.78, 5) is 29.6. The Balaban J connectivity index is 1.82. The SMILES string of the molecule is CCn1cnc2c3nc(=O)n(Cc4ccc(OC)cc4)c-3ncnc21. The first kappa shape index (κ1) is 15.3. The van der Waals surface area contributed by atoms with Gasteiger partial charge in [-0.2, -0.15) is 4.98 Å². The number of imidazole rings is 2. The molecule has 0 saturated carbocycles. The molecular weight excluding hydrogens is 320 g/mol. The van der Waals surface area contributed by atoms with E-state index in [0.717, 1.165) is 17.9 Å². The first-order valence-corrected chi connectivity index (χ1v) is 7.90. The Morgan fingerprint density at radius 1 is 1.12 bits per heavy atom. The van der Waals surface area contributed by atoms with Crippen molar-refractivity contribution in [2.24, 2.45) is 0 Å². The lowest BCUT2D eigenvalue weighted by molar-refractivity contribution is 0.414. The second-order valence-corrected chi connectivity index (χ2v) is 5.58. The highest BCUT2D eigenvalue weighted by Gasteiger charge is 2.20. The second-order valence-electron chi connectivity index (χ2n) is 5.58. The van der Waals surface area contributed by atoms with E-state index in [-0.39, 0.29) is 5.69 Å². The molecule has 2 aliphatic rings. The minimum atomic E-state index is -0.350. The normalized spacial score (nSPS) is 11.3. The van der Waals surface area contributed by atoms with E-state index >= 15 is 0 Å². The van der Waals surface area contributed by atoms with Crippen molar-refractivity contribution in [3.63, 3.8) is 0 Å². The van der Waals surface area contributed by atoms with Gasteiger partial charge in [0.25, 0.3) is 0 Å². The van der Waals surface area contributed by atoms with Crippen LogP contribution in [0, 0.1) is 0 Å². The lowest BCUT2D eigenvalue weighted by Crippen LogP contribution is -2.17. The Bertz CT molecular complexity index is 1070. The van der Waals surface area contributed by atoms with Crippen LogP contribution in [0.4, 0.5) is 0 Å². The summed E-state index contributed by atoms with van der Waals surface area (Å²) in [6.45, 7) is 3.10. The molecule has 1 aromatic carbocycles. The minimum Gasteiger partial charge on any atom is -0.497 e. The monoisotopic (exact) mass is 336 g/mol. The van der Waals surface area contributed by atoms with Gasteiger partial charge in [-0.05, 0) is 24.6 Å². The van der Waals surface area contributed by atoms with Gasteiger partial charge >= 0.3 is 5.69 Å². The predicted octanol–water partition coefficient (Wildman–Crippen LogP) is 1.56. The van der Waals surface area contributed by atoms with Crippen molar-refractivity contribution >= 4 is 11.2 Å². The fourth-order valence-corrected chi connectivity index (χ4v) is 2.82. The summed E-state index contributed by atoms with van der Waals surface area (Å²) in [5.74, 6) is 1.24. The van der Waals surface area contributed by atoms with E-state index in [9.17, 15) is 4.79 Å². The zero-order valence-electron chi connectivity index (χ0n) is 13.9. The second kappa shape index (κ2) is 5.97. The number of ether oxygens (including phenoxy) is 1. The van der Waals surface area contributed by atoms with E-state index in [1.165, 1.54) is 10.9 Å². The minimum absolute atomic E-state index is 0.350. The van der Waals surface area contributed by atoms with Crippen LogP contribution in [0.15, 0.2) is 41.7 Å². The largest absolute Gasteiger partial charge is 0.497 e. The van der Waals surface area contributed by atoms with E-state index in [0.29, 0.717) is 29.2 Å². The number of rotatable bonds is 4. The molecule has 0 saturated heterocycles. The molecule has 126 valence electrons. The molecule has 0 fully saturated rings. The number of hydrogen-bond donors (Lipinski definition) is 0. The van der Waals surface area contributed by atoms with Gasteiger partial charge in [0.05, 0.1) is 20.0 Å². The highest BCUT2D eigenvalue weighted by molar-refractivity contribution is 5.85. The fourth-order valence-electron chi connectivity index (χ4n) is 2.82. The average molecular weight is 336 g/mol. The molecule has 25 heavy (non-hydrogen) atoms. The third-order valence-electron chi connectivity index (χ3n) is 4.14. The summed E-state index contributed by atoms with van der Waals surface area (Å²) >= 11 is 0. The Morgan fingerprint density at radius 2 is 1.92 bits per heavy atom. The molecular formula is C17H16N6O2. The molecule has 0 unspecified atom stereocenters. The van der Waals surface area contributed by atoms with Crippen LogP contribution in [0.25, 0.3) is 22.7 Å². The van der Waals surface area contributed by atoms with Crippen molar-refractivity contribution in [3.8, 4) is 17.3 Å². The standard InChI is InChI=1S/C17H16N6O2/c1-3-22-10-20-13-14-16(19-9-18-15(13)22)23(17(24)21-14)8-11-4-6-12(25-2)7-5-11/h4-7,9-10H,3,8H2,1-2H3. The van der Waals surface area contributed by atoms with Gasteiger partial charge in [-0.1, -0.05) is 12.1 Å². The highest BCUT2D eigenvalue weighted by atomic mass is 16.5. The van der Waals surface area contributed by atoms with Gasteiger partial charge in [-0.25, -0.2) is 19.7 Å². The molecule has 1 aromatic heterocycles. The smallest absolute Gasteiger partial charge is 0.350 e. The lowest BCUT2D eigenvalue weighted by Gasteiger charge is -2.05. The maximum Gasteiger partial charge on any atom is 0.350 e. The number of benzene rings is 1. The van der Waals surface area contributed by atoms with Gasteiger partial charge in [0, 0.05) is 6.54 Å². The lowest BCUT2D eigenvalue weighted by atomic mass is 10.2. The van der Waals surface area contributed by atoms with Crippen molar-refractivity contribution in [2.75, 3.05) is 7.11 Å². The number of aromatic nitrogens is 6. The summed E-state index contributed by atoms with van der Waals surface area (Å²) in [6.07, 6.45) is 3.15. The summed E-state index contributed by atoms with van der Waals surface area (Å²) in [5.41, 5.74) is 2.32. The van der Waals surface area contributed by atoms with E-state index in [1.54, 1.807) is 13.4 Å². The zero-order chi connectivity index (χ0) is 17.4. The predicted molar refractivity (Wildman–Crippen MR) is 91.8 cm³/mol. The van der Waals surface area contributed by atoms with Crippen molar-refractivity contribution < 1.29 is 4.74 Å². The van der Waals surface area contributed by atoms with Crippen LogP contribution in [0.1, 0.15) is 12.5 Å². The van der Waals surface area contributed by atoms with E-state index < -0.39 is 0 Å². The van der Waals surface area contributed by atoms with Crippen LogP contribution in [-0.4, -0.2) is 36.2 Å². The van der Waals surface area contributed by atoms with Gasteiger partial charge in [-0.3, -0.25) is 4.57 Å². The van der Waals surface area contributed by atoms with Crippen LogP contribution in [0.3, 0.4) is 0 Å². The molecule has 4 rings (SSSR count). The third-order valence-corrected chi connectivity index (χ3v) is 4.14. The third kappa shape index (κ3) is 2.51. The molecule has 0 radical (unpaired) electrons. The first-order valence-electron chi connectivity index (χ1n) is 7.90. The molecule has 2 aromatic rings. The molecule has 8 heteroatoms. The van der Waals surface area contributed by atoms with Crippen molar-refractivity contribution in [1.82, 2.24) is 29.1 Å². The number of methoxy groups -OCH3 is 1. The summed E-state index contributed by atoms with van der Waals surface area (Å²) in [7, 11) is 1.62. The highest BCUT2D eigenvalue weighted by Crippen LogP contribution is 2.23. The fraction of sp³-hybridized carbons (Fsp3) is 0.235. The number of nitrogens with zero attached hydrogens (tertiary/aromatic N) is 6. The number of hydrogen-bond acceptors (Lipinski definition) is 6. The maximum absolute atomic E-state index is 12.4. The van der Waals surface area contributed by atoms with Crippen molar-refractivity contribution in [3.05, 3.63) is 53.0 Å². The van der Waals surface area contributed by atoms with E-state index in [4.69, 9.17) is 4.74 Å². The Kier molecular flexibility index (Phi) is 3.64. The Labute approximate surface area is 143 Å². The molecule has 0 amide bonds. The molecule has 0 N–H and O–H groups in total. The summed E-state index contributed by atoms with van der Waals surface area (Å²) < 4.78 is 8.58. The van der Waals surface area contributed by atoms with Gasteiger partial charge in [0.15, 0.2) is 11.5 Å². The molecule has 2 aliphatic heterocycles. The van der Waals surface area contributed by atoms with Crippen LogP contribution >= 0.6 is 0 Å². The zero-order valence-corrected chi connectivity index (χ0v) is 13.9. The van der Waals surface area contributed by atoms with E-state index in [1.807, 2.05) is 35.8 Å².